The molecule has 13 heteroatoms. The standard InChI is InChI=1S/C40H44N6O6S/c1-27(48)41-22-6-2-3-9-38(50)42-24-32-7-4-5-8-36(32)29-14-16-31(17-15-29)39-51-35(23-37(52-39)30-12-10-28(25-47)11-13-30)26-53-40-43-44-45-46(40)33-18-20-34(49)21-19-33/h4-5,7-8,10-21,35,37,39,47,49H,2-3,6,9,22-26H2,1H3,(H,41,48)(H,42,50)/t35-,37+,39+/m1/s1. The molecule has 2 heterocycles. The van der Waals surface area contributed by atoms with E-state index in [1.54, 1.807) is 28.9 Å². The number of hydrogen-bond acceptors (Lipinski definition) is 10. The summed E-state index contributed by atoms with van der Waals surface area (Å²) in [7, 11) is 0. The van der Waals surface area contributed by atoms with Gasteiger partial charge in [0, 0.05) is 44.2 Å². The molecule has 4 aromatic carbocycles. The number of phenolic OH excluding ortho intramolecular Hbond substituents is 1. The normalized spacial score (nSPS) is 17.0. The highest BCUT2D eigenvalue weighted by Gasteiger charge is 2.33. The maximum Gasteiger partial charge on any atom is 0.220 e. The Labute approximate surface area is 312 Å². The molecule has 1 aromatic heterocycles. The number of unbranched alkanes of at least 4 members (excludes halogenated alkanes) is 2. The number of ether oxygens (including phenoxy) is 2. The van der Waals surface area contributed by atoms with Crippen LogP contribution < -0.4 is 10.6 Å². The number of hydrogen-bond donors (Lipinski definition) is 4. The van der Waals surface area contributed by atoms with E-state index in [2.05, 4.69) is 32.2 Å². The molecule has 1 saturated heterocycles. The summed E-state index contributed by atoms with van der Waals surface area (Å²) in [5.41, 5.74) is 6.49. The fourth-order valence-corrected chi connectivity index (χ4v) is 7.03. The molecule has 6 rings (SSSR count). The summed E-state index contributed by atoms with van der Waals surface area (Å²) in [6.07, 6.45) is 2.47. The molecule has 53 heavy (non-hydrogen) atoms. The number of aliphatic hydroxyl groups excluding tert-OH is 1. The van der Waals surface area contributed by atoms with Gasteiger partial charge < -0.3 is 30.3 Å². The number of aromatic nitrogens is 4. The summed E-state index contributed by atoms with van der Waals surface area (Å²) in [5.74, 6) is 0.700. The molecule has 12 nitrogen and oxygen atoms in total. The van der Waals surface area contributed by atoms with Gasteiger partial charge in [0.25, 0.3) is 0 Å². The average Bonchev–Trinajstić information content (AvgIpc) is 3.66. The van der Waals surface area contributed by atoms with Gasteiger partial charge in [-0.15, -0.1) is 5.10 Å². The number of nitrogens with one attached hydrogen (secondary N) is 2. The fourth-order valence-electron chi connectivity index (χ4n) is 6.12. The van der Waals surface area contributed by atoms with Gasteiger partial charge in [0.15, 0.2) is 6.29 Å². The Bertz CT molecular complexity index is 1940. The zero-order valence-electron chi connectivity index (χ0n) is 29.6. The van der Waals surface area contributed by atoms with Crippen molar-refractivity contribution in [2.45, 2.75) is 75.8 Å². The molecular weight excluding hydrogens is 693 g/mol. The molecule has 0 spiro atoms. The number of carbonyl (C=O) groups is 2. The van der Waals surface area contributed by atoms with E-state index in [1.807, 2.05) is 66.7 Å². The maximum atomic E-state index is 12.6. The number of aliphatic hydroxyl groups is 1. The van der Waals surface area contributed by atoms with Crippen molar-refractivity contribution in [1.82, 2.24) is 30.8 Å². The van der Waals surface area contributed by atoms with E-state index in [4.69, 9.17) is 9.47 Å². The predicted octanol–water partition coefficient (Wildman–Crippen LogP) is 6.18. The van der Waals surface area contributed by atoms with Crippen LogP contribution in [0.4, 0.5) is 0 Å². The summed E-state index contributed by atoms with van der Waals surface area (Å²) < 4.78 is 14.8. The summed E-state index contributed by atoms with van der Waals surface area (Å²) in [4.78, 5) is 23.6. The lowest BCUT2D eigenvalue weighted by Gasteiger charge is -2.36. The number of nitrogens with zero attached hydrogens (tertiary/aromatic N) is 4. The van der Waals surface area contributed by atoms with Crippen LogP contribution in [0.2, 0.25) is 0 Å². The van der Waals surface area contributed by atoms with Crippen molar-refractivity contribution < 1.29 is 29.3 Å². The molecule has 0 saturated carbocycles. The van der Waals surface area contributed by atoms with Crippen molar-refractivity contribution in [2.24, 2.45) is 0 Å². The van der Waals surface area contributed by atoms with Crippen molar-refractivity contribution in [3.8, 4) is 22.6 Å². The number of carbonyl (C=O) groups excluding carboxylic acids is 2. The van der Waals surface area contributed by atoms with Crippen molar-refractivity contribution in [2.75, 3.05) is 12.3 Å². The van der Waals surface area contributed by atoms with E-state index in [9.17, 15) is 19.8 Å². The molecule has 1 aliphatic rings. The van der Waals surface area contributed by atoms with Gasteiger partial charge in [-0.3, -0.25) is 9.59 Å². The SMILES string of the molecule is CC(=O)NCCCCCC(=O)NCc1ccccc1-c1ccc([C@H]2O[C@@H](CSc3nnnn3-c3ccc(O)cc3)C[C@@H](c3ccc(CO)cc3)O2)cc1. The molecule has 276 valence electrons. The van der Waals surface area contributed by atoms with Gasteiger partial charge >= 0.3 is 0 Å². The Morgan fingerprint density at radius 3 is 2.40 bits per heavy atom. The van der Waals surface area contributed by atoms with Crippen LogP contribution >= 0.6 is 11.8 Å². The predicted molar refractivity (Wildman–Crippen MR) is 201 cm³/mol. The zero-order chi connectivity index (χ0) is 37.0. The summed E-state index contributed by atoms with van der Waals surface area (Å²) in [5, 5.41) is 38.0. The minimum absolute atomic E-state index is 0.00593. The van der Waals surface area contributed by atoms with Gasteiger partial charge in [0.05, 0.1) is 24.5 Å². The number of benzene rings is 4. The van der Waals surface area contributed by atoms with Gasteiger partial charge in [0.2, 0.25) is 17.0 Å². The second kappa shape index (κ2) is 18.6. The van der Waals surface area contributed by atoms with Gasteiger partial charge in [-0.2, -0.15) is 4.68 Å². The van der Waals surface area contributed by atoms with Gasteiger partial charge in [0.1, 0.15) is 5.75 Å². The molecule has 0 radical (unpaired) electrons. The first-order chi connectivity index (χ1) is 25.9. The molecule has 5 aromatic rings. The first kappa shape index (κ1) is 37.7. The third-order valence-electron chi connectivity index (χ3n) is 8.99. The van der Waals surface area contributed by atoms with Crippen LogP contribution in [-0.2, 0) is 32.2 Å². The largest absolute Gasteiger partial charge is 0.508 e. The van der Waals surface area contributed by atoms with E-state index in [0.717, 1.165) is 58.3 Å². The highest BCUT2D eigenvalue weighted by atomic mass is 32.2. The van der Waals surface area contributed by atoms with Gasteiger partial charge in [-0.25, -0.2) is 0 Å². The van der Waals surface area contributed by atoms with E-state index in [1.165, 1.54) is 18.7 Å². The van der Waals surface area contributed by atoms with Crippen LogP contribution in [-0.4, -0.2) is 60.6 Å². The van der Waals surface area contributed by atoms with Gasteiger partial charge in [-0.1, -0.05) is 91.0 Å². The van der Waals surface area contributed by atoms with E-state index in [0.29, 0.717) is 36.8 Å². The third kappa shape index (κ3) is 10.5. The maximum absolute atomic E-state index is 12.6. The molecule has 3 atom stereocenters. The van der Waals surface area contributed by atoms with Crippen LogP contribution in [0.25, 0.3) is 16.8 Å². The minimum Gasteiger partial charge on any atom is -0.508 e. The molecule has 4 N–H and O–H groups in total. The molecule has 1 fully saturated rings. The second-order valence-electron chi connectivity index (χ2n) is 12.9. The topological polar surface area (TPSA) is 161 Å². The van der Waals surface area contributed by atoms with Gasteiger partial charge in [-0.05, 0) is 75.4 Å². The molecule has 2 amide bonds. The molecule has 0 aliphatic carbocycles. The number of aromatic hydroxyl groups is 1. The molecular formula is C40H44N6O6S. The quantitative estimate of drug-likeness (QED) is 0.0681. The van der Waals surface area contributed by atoms with Crippen LogP contribution in [0.3, 0.4) is 0 Å². The number of thioether (sulfide) groups is 1. The third-order valence-corrected chi connectivity index (χ3v) is 10.0. The van der Waals surface area contributed by atoms with Crippen LogP contribution in [0.5, 0.6) is 5.75 Å². The van der Waals surface area contributed by atoms with Crippen LogP contribution in [0, 0.1) is 0 Å². The Hall–Kier alpha value is -5.08. The first-order valence-electron chi connectivity index (χ1n) is 17.8. The Morgan fingerprint density at radius 1 is 0.887 bits per heavy atom. The molecule has 0 unspecified atom stereocenters. The van der Waals surface area contributed by atoms with Crippen LogP contribution in [0.1, 0.15) is 73.7 Å². The van der Waals surface area contributed by atoms with Crippen molar-refractivity contribution in [3.63, 3.8) is 0 Å². The monoisotopic (exact) mass is 736 g/mol. The smallest absolute Gasteiger partial charge is 0.220 e. The summed E-state index contributed by atoms with van der Waals surface area (Å²) in [6.45, 7) is 2.52. The Kier molecular flexibility index (Phi) is 13.2. The average molecular weight is 737 g/mol. The number of rotatable bonds is 16. The molecule has 0 bridgehead atoms. The zero-order valence-corrected chi connectivity index (χ0v) is 30.4. The Morgan fingerprint density at radius 2 is 1.64 bits per heavy atom. The van der Waals surface area contributed by atoms with Crippen LogP contribution in [0.15, 0.2) is 102 Å². The molecule has 1 aliphatic heterocycles. The highest BCUT2D eigenvalue weighted by Crippen LogP contribution is 2.40. The number of phenols is 1. The first-order valence-corrected chi connectivity index (χ1v) is 18.8. The second-order valence-corrected chi connectivity index (χ2v) is 13.9. The van der Waals surface area contributed by atoms with E-state index >= 15 is 0 Å². The van der Waals surface area contributed by atoms with E-state index < -0.39 is 6.29 Å². The lowest BCUT2D eigenvalue weighted by Crippen LogP contribution is -2.31. The minimum atomic E-state index is -0.633. The lowest BCUT2D eigenvalue weighted by atomic mass is 9.97. The Balaban J connectivity index is 1.12. The van der Waals surface area contributed by atoms with E-state index in [-0.39, 0.29) is 36.4 Å². The van der Waals surface area contributed by atoms with Crippen molar-refractivity contribution >= 4 is 23.6 Å². The fraction of sp³-hybridized carbons (Fsp3) is 0.325. The number of amides is 2. The summed E-state index contributed by atoms with van der Waals surface area (Å²) >= 11 is 1.48. The highest BCUT2D eigenvalue weighted by molar-refractivity contribution is 7.99. The van der Waals surface area contributed by atoms with Crippen molar-refractivity contribution in [1.29, 1.82) is 0 Å². The van der Waals surface area contributed by atoms with Crippen molar-refractivity contribution in [3.05, 3.63) is 119 Å². The lowest BCUT2D eigenvalue weighted by molar-refractivity contribution is -0.245. The summed E-state index contributed by atoms with van der Waals surface area (Å²) in [6, 6.07) is 30.6. The number of tetrazole rings is 1.